The fourth-order valence-corrected chi connectivity index (χ4v) is 2.06. The third-order valence-electron chi connectivity index (χ3n) is 2.75. The van der Waals surface area contributed by atoms with Crippen molar-refractivity contribution in [1.29, 1.82) is 0 Å². The molecule has 122 valence electrons. The van der Waals surface area contributed by atoms with Crippen LogP contribution < -0.4 is 15.6 Å². The van der Waals surface area contributed by atoms with Crippen molar-refractivity contribution in [1.82, 2.24) is 15.1 Å². The van der Waals surface area contributed by atoms with Crippen molar-refractivity contribution in [2.75, 3.05) is 20.3 Å². The van der Waals surface area contributed by atoms with Crippen molar-refractivity contribution in [2.45, 2.75) is 0 Å². The van der Waals surface area contributed by atoms with Crippen LogP contribution >= 0.6 is 23.2 Å². The number of nitrogens with one attached hydrogen (secondary N) is 1. The van der Waals surface area contributed by atoms with Gasteiger partial charge in [0.2, 0.25) is 0 Å². The summed E-state index contributed by atoms with van der Waals surface area (Å²) in [5.41, 5.74) is -0.0457. The first-order chi connectivity index (χ1) is 11.0. The number of nitrogens with zero attached hydrogens (tertiary/aromatic N) is 2. The van der Waals surface area contributed by atoms with Gasteiger partial charge in [-0.2, -0.15) is 9.78 Å². The van der Waals surface area contributed by atoms with Crippen molar-refractivity contribution in [3.63, 3.8) is 0 Å². The Hall–Kier alpha value is -2.25. The standard InChI is InChI=1S/C14H13Cl2N3O4/c1-22-14(21)17-5-6-23-11-8-18-19(13(20)12(11)16)10-4-2-3-9(15)7-10/h2-4,7-8H,5-6H2,1H3,(H,17,21). The summed E-state index contributed by atoms with van der Waals surface area (Å²) in [7, 11) is 1.26. The molecule has 0 saturated heterocycles. The molecule has 0 saturated carbocycles. The zero-order valence-electron chi connectivity index (χ0n) is 12.1. The molecule has 1 heterocycles. The van der Waals surface area contributed by atoms with Crippen LogP contribution in [0.25, 0.3) is 5.69 Å². The van der Waals surface area contributed by atoms with E-state index >= 15 is 0 Å². The van der Waals surface area contributed by atoms with Gasteiger partial charge >= 0.3 is 6.09 Å². The second-order valence-electron chi connectivity index (χ2n) is 4.29. The average molecular weight is 358 g/mol. The van der Waals surface area contributed by atoms with Crippen LogP contribution in [0.15, 0.2) is 35.3 Å². The Morgan fingerprint density at radius 1 is 1.39 bits per heavy atom. The topological polar surface area (TPSA) is 82.4 Å². The monoisotopic (exact) mass is 357 g/mol. The number of benzene rings is 1. The molecule has 0 atom stereocenters. The van der Waals surface area contributed by atoms with Crippen LogP contribution in [0.2, 0.25) is 10.0 Å². The molecule has 0 aliphatic heterocycles. The van der Waals surface area contributed by atoms with E-state index in [9.17, 15) is 9.59 Å². The first kappa shape index (κ1) is 17.1. The van der Waals surface area contributed by atoms with E-state index in [1.165, 1.54) is 13.3 Å². The van der Waals surface area contributed by atoms with Crippen LogP contribution in [0.1, 0.15) is 0 Å². The third-order valence-corrected chi connectivity index (χ3v) is 3.34. The lowest BCUT2D eigenvalue weighted by Gasteiger charge is -2.10. The Balaban J connectivity index is 2.12. The molecule has 0 aliphatic carbocycles. The number of carbonyl (C=O) groups is 1. The Kier molecular flexibility index (Phi) is 5.84. The van der Waals surface area contributed by atoms with Gasteiger partial charge in [0, 0.05) is 5.02 Å². The number of carbonyl (C=O) groups excluding carboxylic acids is 1. The summed E-state index contributed by atoms with van der Waals surface area (Å²) in [4.78, 5) is 23.1. The first-order valence-electron chi connectivity index (χ1n) is 6.51. The first-order valence-corrected chi connectivity index (χ1v) is 7.27. The highest BCUT2D eigenvalue weighted by atomic mass is 35.5. The quantitative estimate of drug-likeness (QED) is 0.830. The van der Waals surface area contributed by atoms with Gasteiger partial charge in [0.25, 0.3) is 5.56 Å². The number of rotatable bonds is 5. The van der Waals surface area contributed by atoms with Crippen molar-refractivity contribution in [2.24, 2.45) is 0 Å². The summed E-state index contributed by atoms with van der Waals surface area (Å²) < 4.78 is 10.9. The van der Waals surface area contributed by atoms with Crippen molar-refractivity contribution in [3.05, 3.63) is 50.9 Å². The Labute approximate surface area is 141 Å². The van der Waals surface area contributed by atoms with Crippen molar-refractivity contribution < 1.29 is 14.3 Å². The number of amides is 1. The normalized spacial score (nSPS) is 10.2. The van der Waals surface area contributed by atoms with Gasteiger partial charge in [0.1, 0.15) is 6.61 Å². The lowest BCUT2D eigenvalue weighted by atomic mass is 10.3. The summed E-state index contributed by atoms with van der Waals surface area (Å²) in [5.74, 6) is 0.126. The van der Waals surface area contributed by atoms with Crippen molar-refractivity contribution >= 4 is 29.3 Å². The number of methoxy groups -OCH3 is 1. The summed E-state index contributed by atoms with van der Waals surface area (Å²) in [6.07, 6.45) is 0.747. The highest BCUT2D eigenvalue weighted by Crippen LogP contribution is 2.20. The summed E-state index contributed by atoms with van der Waals surface area (Å²) in [6, 6.07) is 6.65. The average Bonchev–Trinajstić information content (AvgIpc) is 2.55. The number of hydrogen-bond donors (Lipinski definition) is 1. The lowest BCUT2D eigenvalue weighted by molar-refractivity contribution is 0.168. The molecule has 1 amide bonds. The summed E-state index contributed by atoms with van der Waals surface area (Å²) in [5, 5.41) is 6.80. The second-order valence-corrected chi connectivity index (χ2v) is 5.10. The third kappa shape index (κ3) is 4.37. The van der Waals surface area contributed by atoms with E-state index in [0.29, 0.717) is 10.7 Å². The minimum Gasteiger partial charge on any atom is -0.488 e. The van der Waals surface area contributed by atoms with E-state index in [-0.39, 0.29) is 23.9 Å². The van der Waals surface area contributed by atoms with Gasteiger partial charge in [-0.1, -0.05) is 29.3 Å². The van der Waals surface area contributed by atoms with Gasteiger partial charge in [-0.25, -0.2) is 4.79 Å². The molecule has 2 rings (SSSR count). The molecule has 0 fully saturated rings. The maximum absolute atomic E-state index is 12.2. The van der Waals surface area contributed by atoms with E-state index in [2.05, 4.69) is 15.2 Å². The number of halogens is 2. The maximum atomic E-state index is 12.2. The Bertz CT molecular complexity index is 764. The highest BCUT2D eigenvalue weighted by molar-refractivity contribution is 6.32. The maximum Gasteiger partial charge on any atom is 0.406 e. The Morgan fingerprint density at radius 2 is 2.17 bits per heavy atom. The molecule has 0 spiro atoms. The number of hydrogen-bond acceptors (Lipinski definition) is 5. The predicted molar refractivity (Wildman–Crippen MR) is 85.8 cm³/mol. The van der Waals surface area contributed by atoms with E-state index in [0.717, 1.165) is 4.68 Å². The van der Waals surface area contributed by atoms with E-state index in [1.807, 2.05) is 0 Å². The van der Waals surface area contributed by atoms with Gasteiger partial charge < -0.3 is 14.8 Å². The fraction of sp³-hybridized carbons (Fsp3) is 0.214. The zero-order chi connectivity index (χ0) is 16.8. The molecule has 1 aromatic carbocycles. The largest absolute Gasteiger partial charge is 0.488 e. The number of aromatic nitrogens is 2. The van der Waals surface area contributed by atoms with Crippen LogP contribution in [0.4, 0.5) is 4.79 Å². The van der Waals surface area contributed by atoms with E-state index in [4.69, 9.17) is 27.9 Å². The van der Waals surface area contributed by atoms with Gasteiger partial charge in [-0.3, -0.25) is 4.79 Å². The van der Waals surface area contributed by atoms with Gasteiger partial charge in [-0.15, -0.1) is 0 Å². The Morgan fingerprint density at radius 3 is 2.87 bits per heavy atom. The minimum atomic E-state index is -0.575. The predicted octanol–water partition coefficient (Wildman–Crippen LogP) is 2.27. The summed E-state index contributed by atoms with van der Waals surface area (Å²) in [6.45, 7) is 0.303. The molecule has 1 N–H and O–H groups in total. The second kappa shape index (κ2) is 7.85. The molecule has 7 nitrogen and oxygen atoms in total. The zero-order valence-corrected chi connectivity index (χ0v) is 13.6. The highest BCUT2D eigenvalue weighted by Gasteiger charge is 2.12. The van der Waals surface area contributed by atoms with Gasteiger partial charge in [0.05, 0.1) is 25.5 Å². The summed E-state index contributed by atoms with van der Waals surface area (Å²) >= 11 is 11.9. The number of ether oxygens (including phenoxy) is 2. The molecule has 9 heteroatoms. The molecule has 0 bridgehead atoms. The molecule has 1 aromatic heterocycles. The lowest BCUT2D eigenvalue weighted by Crippen LogP contribution is -2.28. The van der Waals surface area contributed by atoms with Crippen LogP contribution in [0.3, 0.4) is 0 Å². The van der Waals surface area contributed by atoms with Gasteiger partial charge in [0.15, 0.2) is 10.8 Å². The molecular formula is C14H13Cl2N3O4. The molecule has 0 unspecified atom stereocenters. The molecule has 2 aromatic rings. The SMILES string of the molecule is COC(=O)NCCOc1cnn(-c2cccc(Cl)c2)c(=O)c1Cl. The van der Waals surface area contributed by atoms with Crippen LogP contribution in [-0.2, 0) is 4.74 Å². The van der Waals surface area contributed by atoms with Gasteiger partial charge in [-0.05, 0) is 18.2 Å². The molecule has 0 aliphatic rings. The molecule has 0 radical (unpaired) electrons. The number of alkyl carbamates (subject to hydrolysis) is 1. The molecule has 23 heavy (non-hydrogen) atoms. The van der Waals surface area contributed by atoms with Crippen LogP contribution in [0, 0.1) is 0 Å². The van der Waals surface area contributed by atoms with Crippen LogP contribution in [0.5, 0.6) is 5.75 Å². The van der Waals surface area contributed by atoms with Crippen molar-refractivity contribution in [3.8, 4) is 11.4 Å². The van der Waals surface area contributed by atoms with Crippen LogP contribution in [-0.4, -0.2) is 36.1 Å². The minimum absolute atomic E-state index is 0.108. The fourth-order valence-electron chi connectivity index (χ4n) is 1.70. The molecular weight excluding hydrogens is 345 g/mol. The van der Waals surface area contributed by atoms with E-state index in [1.54, 1.807) is 24.3 Å². The van der Waals surface area contributed by atoms with E-state index < -0.39 is 11.7 Å². The smallest absolute Gasteiger partial charge is 0.406 e.